The molecule has 0 heterocycles. The van der Waals surface area contributed by atoms with Gasteiger partial charge in [-0.15, -0.1) is 0 Å². The minimum Gasteiger partial charge on any atom is -0.373 e. The van der Waals surface area contributed by atoms with Crippen molar-refractivity contribution < 1.29 is 0 Å². The number of benzene rings is 1. The monoisotopic (exact) mass is 230 g/mol. The van der Waals surface area contributed by atoms with Gasteiger partial charge < -0.3 is 4.90 Å². The summed E-state index contributed by atoms with van der Waals surface area (Å²) in [4.78, 5) is 2.18. The molecular formula is C15H22N2. The summed E-state index contributed by atoms with van der Waals surface area (Å²) in [6, 6.07) is 8.83. The van der Waals surface area contributed by atoms with Gasteiger partial charge in [-0.05, 0) is 31.4 Å². The van der Waals surface area contributed by atoms with E-state index in [2.05, 4.69) is 63.9 Å². The van der Waals surface area contributed by atoms with Crippen molar-refractivity contribution in [2.24, 2.45) is 11.8 Å². The Kier molecular flexibility index (Phi) is 4.57. The third-order valence-electron chi connectivity index (χ3n) is 3.20. The largest absolute Gasteiger partial charge is 0.373 e. The van der Waals surface area contributed by atoms with Gasteiger partial charge in [0.15, 0.2) is 0 Å². The number of nitriles is 1. The molecule has 17 heavy (non-hydrogen) atoms. The molecule has 0 amide bonds. The van der Waals surface area contributed by atoms with Crippen LogP contribution in [-0.2, 0) is 0 Å². The van der Waals surface area contributed by atoms with E-state index in [0.717, 1.165) is 6.54 Å². The van der Waals surface area contributed by atoms with Crippen LogP contribution in [0.2, 0.25) is 0 Å². The Bertz CT molecular complexity index is 415. The molecule has 0 saturated carbocycles. The minimum atomic E-state index is 0.0840. The fraction of sp³-hybridized carbons (Fsp3) is 0.533. The summed E-state index contributed by atoms with van der Waals surface area (Å²) in [5.41, 5.74) is 3.77. The first-order valence-electron chi connectivity index (χ1n) is 6.13. The maximum absolute atomic E-state index is 9.13. The van der Waals surface area contributed by atoms with Crippen molar-refractivity contribution >= 4 is 5.69 Å². The summed E-state index contributed by atoms with van der Waals surface area (Å²) >= 11 is 0. The van der Waals surface area contributed by atoms with Crippen LogP contribution in [0.15, 0.2) is 18.2 Å². The summed E-state index contributed by atoms with van der Waals surface area (Å²) < 4.78 is 0. The van der Waals surface area contributed by atoms with Gasteiger partial charge in [0, 0.05) is 19.3 Å². The van der Waals surface area contributed by atoms with E-state index < -0.39 is 0 Å². The Morgan fingerprint density at radius 1 is 1.29 bits per heavy atom. The molecule has 1 aromatic rings. The first kappa shape index (κ1) is 13.6. The molecule has 0 aliphatic heterocycles. The number of anilines is 1. The van der Waals surface area contributed by atoms with Crippen molar-refractivity contribution in [3.63, 3.8) is 0 Å². The van der Waals surface area contributed by atoms with Gasteiger partial charge in [0.1, 0.15) is 0 Å². The van der Waals surface area contributed by atoms with Gasteiger partial charge in [0.25, 0.3) is 0 Å². The van der Waals surface area contributed by atoms with Crippen LogP contribution in [0.5, 0.6) is 0 Å². The van der Waals surface area contributed by atoms with Crippen LogP contribution < -0.4 is 4.90 Å². The number of aryl methyl sites for hydroxylation is 2. The van der Waals surface area contributed by atoms with E-state index in [0.29, 0.717) is 5.92 Å². The highest BCUT2D eigenvalue weighted by atomic mass is 15.1. The molecule has 2 heteroatoms. The predicted octanol–water partition coefficient (Wildman–Crippen LogP) is 3.54. The van der Waals surface area contributed by atoms with Crippen molar-refractivity contribution in [2.75, 3.05) is 18.5 Å². The van der Waals surface area contributed by atoms with Crippen molar-refractivity contribution in [1.29, 1.82) is 5.26 Å². The summed E-state index contributed by atoms with van der Waals surface area (Å²) in [6.45, 7) is 9.21. The maximum Gasteiger partial charge on any atom is 0.0677 e. The minimum absolute atomic E-state index is 0.0840. The predicted molar refractivity (Wildman–Crippen MR) is 73.1 cm³/mol. The molecule has 0 saturated heterocycles. The standard InChI is InChI=1S/C15H22N2/c1-11(2)14(9-16)10-17(5)15-7-6-12(3)8-13(15)4/h6-8,11,14H,10H2,1-5H3. The van der Waals surface area contributed by atoms with E-state index in [1.807, 2.05) is 0 Å². The SMILES string of the molecule is Cc1ccc(N(C)CC(C#N)C(C)C)c(C)c1. The Hall–Kier alpha value is -1.49. The lowest BCUT2D eigenvalue weighted by Crippen LogP contribution is -2.28. The average Bonchev–Trinajstić information content (AvgIpc) is 2.24. The first-order valence-corrected chi connectivity index (χ1v) is 6.13. The second-order valence-corrected chi connectivity index (χ2v) is 5.15. The summed E-state index contributed by atoms with van der Waals surface area (Å²) in [7, 11) is 2.06. The number of nitrogens with zero attached hydrogens (tertiary/aromatic N) is 2. The molecule has 0 radical (unpaired) electrons. The molecule has 0 bridgehead atoms. The van der Waals surface area contributed by atoms with Crippen molar-refractivity contribution in [2.45, 2.75) is 27.7 Å². The van der Waals surface area contributed by atoms with Crippen LogP contribution in [-0.4, -0.2) is 13.6 Å². The van der Waals surface area contributed by atoms with E-state index in [1.165, 1.54) is 16.8 Å². The number of hydrogen-bond acceptors (Lipinski definition) is 2. The Morgan fingerprint density at radius 2 is 1.94 bits per heavy atom. The van der Waals surface area contributed by atoms with Gasteiger partial charge >= 0.3 is 0 Å². The highest BCUT2D eigenvalue weighted by molar-refractivity contribution is 5.53. The molecule has 1 rings (SSSR count). The Balaban J connectivity index is 2.83. The third kappa shape index (κ3) is 3.49. The molecule has 2 nitrogen and oxygen atoms in total. The van der Waals surface area contributed by atoms with E-state index in [1.54, 1.807) is 0 Å². The quantitative estimate of drug-likeness (QED) is 0.791. The first-order chi connectivity index (χ1) is 7.95. The zero-order valence-electron chi connectivity index (χ0n) is 11.5. The van der Waals surface area contributed by atoms with Crippen LogP contribution in [0.1, 0.15) is 25.0 Å². The fourth-order valence-electron chi connectivity index (χ4n) is 2.03. The summed E-state index contributed by atoms with van der Waals surface area (Å²) in [5.74, 6) is 0.480. The van der Waals surface area contributed by atoms with E-state index in [4.69, 9.17) is 5.26 Å². The molecule has 92 valence electrons. The summed E-state index contributed by atoms with van der Waals surface area (Å²) in [5, 5.41) is 9.13. The highest BCUT2D eigenvalue weighted by Gasteiger charge is 2.16. The number of hydrogen-bond donors (Lipinski definition) is 0. The van der Waals surface area contributed by atoms with Crippen LogP contribution >= 0.6 is 0 Å². The summed E-state index contributed by atoms with van der Waals surface area (Å²) in [6.07, 6.45) is 0. The van der Waals surface area contributed by atoms with Crippen LogP contribution in [0.3, 0.4) is 0 Å². The Labute approximate surface area is 105 Å². The molecule has 0 spiro atoms. The lowest BCUT2D eigenvalue weighted by atomic mass is 9.96. The van der Waals surface area contributed by atoms with E-state index in [9.17, 15) is 0 Å². The fourth-order valence-corrected chi connectivity index (χ4v) is 2.03. The van der Waals surface area contributed by atoms with Crippen LogP contribution in [0, 0.1) is 37.0 Å². The Morgan fingerprint density at radius 3 is 2.41 bits per heavy atom. The molecule has 0 aliphatic carbocycles. The molecular weight excluding hydrogens is 208 g/mol. The normalized spacial score (nSPS) is 12.3. The lowest BCUT2D eigenvalue weighted by molar-refractivity contribution is 0.477. The van der Waals surface area contributed by atoms with Crippen LogP contribution in [0.25, 0.3) is 0 Å². The second-order valence-electron chi connectivity index (χ2n) is 5.15. The van der Waals surface area contributed by atoms with E-state index >= 15 is 0 Å². The average molecular weight is 230 g/mol. The molecule has 0 aliphatic rings. The van der Waals surface area contributed by atoms with Gasteiger partial charge in [-0.3, -0.25) is 0 Å². The molecule has 0 aromatic heterocycles. The molecule has 0 N–H and O–H groups in total. The van der Waals surface area contributed by atoms with Gasteiger partial charge in [-0.1, -0.05) is 31.5 Å². The van der Waals surface area contributed by atoms with E-state index in [-0.39, 0.29) is 5.92 Å². The zero-order chi connectivity index (χ0) is 13.0. The lowest BCUT2D eigenvalue weighted by Gasteiger charge is -2.25. The molecule has 1 aromatic carbocycles. The molecule has 0 fully saturated rings. The number of rotatable bonds is 4. The van der Waals surface area contributed by atoms with Crippen LogP contribution in [0.4, 0.5) is 5.69 Å². The van der Waals surface area contributed by atoms with Crippen molar-refractivity contribution in [3.05, 3.63) is 29.3 Å². The van der Waals surface area contributed by atoms with Gasteiger partial charge in [-0.2, -0.15) is 5.26 Å². The molecule has 1 atom stereocenters. The highest BCUT2D eigenvalue weighted by Crippen LogP contribution is 2.22. The van der Waals surface area contributed by atoms with Gasteiger partial charge in [0.05, 0.1) is 12.0 Å². The smallest absolute Gasteiger partial charge is 0.0677 e. The maximum atomic E-state index is 9.13. The molecule has 1 unspecified atom stereocenters. The van der Waals surface area contributed by atoms with Crippen molar-refractivity contribution in [1.82, 2.24) is 0 Å². The van der Waals surface area contributed by atoms with Gasteiger partial charge in [-0.25, -0.2) is 0 Å². The second kappa shape index (κ2) is 5.72. The van der Waals surface area contributed by atoms with Gasteiger partial charge in [0.2, 0.25) is 0 Å². The zero-order valence-corrected chi connectivity index (χ0v) is 11.5. The van der Waals surface area contributed by atoms with Crippen molar-refractivity contribution in [3.8, 4) is 6.07 Å². The topological polar surface area (TPSA) is 27.0 Å². The third-order valence-corrected chi connectivity index (χ3v) is 3.20.